The molecule has 0 rings (SSSR count). The molecular formula is C38H61O10P. The van der Waals surface area contributed by atoms with E-state index in [-0.39, 0.29) is 19.4 Å². The minimum Gasteiger partial charge on any atom is -0.462 e. The van der Waals surface area contributed by atoms with Crippen molar-refractivity contribution in [3.63, 3.8) is 0 Å². The normalized spacial score (nSPS) is 15.1. The Morgan fingerprint density at radius 3 is 1.92 bits per heavy atom. The van der Waals surface area contributed by atoms with Crippen molar-refractivity contribution in [3.8, 4) is 0 Å². The van der Waals surface area contributed by atoms with Gasteiger partial charge in [-0.2, -0.15) is 0 Å². The Morgan fingerprint density at radius 2 is 1.24 bits per heavy atom. The summed E-state index contributed by atoms with van der Waals surface area (Å²) in [6.07, 6.45) is 37.3. The van der Waals surface area contributed by atoms with Gasteiger partial charge in [0.2, 0.25) is 0 Å². The lowest BCUT2D eigenvalue weighted by Crippen LogP contribution is -2.29. The molecule has 0 fully saturated rings. The number of aliphatic hydroxyl groups is 2. The third kappa shape index (κ3) is 33.4. The zero-order chi connectivity index (χ0) is 36.3. The van der Waals surface area contributed by atoms with E-state index < -0.39 is 51.8 Å². The zero-order valence-electron chi connectivity index (χ0n) is 29.6. The Kier molecular flexibility index (Phi) is 31.7. The van der Waals surface area contributed by atoms with Gasteiger partial charge in [-0.15, -0.1) is 0 Å². The van der Waals surface area contributed by atoms with Crippen LogP contribution in [0.25, 0.3) is 0 Å². The summed E-state index contributed by atoms with van der Waals surface area (Å²) in [5.74, 6) is -1.10. The summed E-state index contributed by atoms with van der Waals surface area (Å²) in [5, 5.41) is 18.2. The molecule has 0 saturated heterocycles. The molecule has 3 atom stereocenters. The molecule has 49 heavy (non-hydrogen) atoms. The maximum Gasteiger partial charge on any atom is 0.472 e. The largest absolute Gasteiger partial charge is 0.472 e. The van der Waals surface area contributed by atoms with E-state index in [1.54, 1.807) is 0 Å². The van der Waals surface area contributed by atoms with Gasteiger partial charge in [0.15, 0.2) is 6.10 Å². The molecule has 0 radical (unpaired) electrons. The van der Waals surface area contributed by atoms with Gasteiger partial charge >= 0.3 is 19.8 Å². The van der Waals surface area contributed by atoms with Crippen molar-refractivity contribution < 1.29 is 47.8 Å². The molecule has 0 aromatic heterocycles. The number of phosphoric ester groups is 1. The lowest BCUT2D eigenvalue weighted by Gasteiger charge is -2.20. The quantitative estimate of drug-likeness (QED) is 0.0211. The van der Waals surface area contributed by atoms with E-state index in [1.165, 1.54) is 38.5 Å². The molecular weight excluding hydrogens is 647 g/mol. The minimum atomic E-state index is -4.64. The van der Waals surface area contributed by atoms with Crippen molar-refractivity contribution in [2.75, 3.05) is 26.4 Å². The lowest BCUT2D eigenvalue weighted by molar-refractivity contribution is -0.161. The maximum absolute atomic E-state index is 12.5. The van der Waals surface area contributed by atoms with Crippen LogP contribution in [0.3, 0.4) is 0 Å². The lowest BCUT2D eigenvalue weighted by atomic mass is 10.1. The van der Waals surface area contributed by atoms with E-state index in [9.17, 15) is 24.2 Å². The Hall–Kier alpha value is -2.85. The van der Waals surface area contributed by atoms with Crippen LogP contribution in [0.1, 0.15) is 104 Å². The summed E-state index contributed by atoms with van der Waals surface area (Å²) in [6.45, 7) is 2.02. The van der Waals surface area contributed by atoms with Gasteiger partial charge < -0.3 is 24.6 Å². The summed E-state index contributed by atoms with van der Waals surface area (Å²) in [4.78, 5) is 34.6. The molecule has 10 nitrogen and oxygen atoms in total. The number of carbonyl (C=O) groups excluding carboxylic acids is 2. The van der Waals surface area contributed by atoms with Gasteiger partial charge in [-0.1, -0.05) is 131 Å². The molecule has 0 aliphatic heterocycles. The SMILES string of the molecule is CC/C=C/C=C/C=C/C=C/C=C/CCCC(=O)OCC(COP(=O)(O)OC[C@@H](O)CO)OC(=O)CC/C=C/C/C=C/CCCCCCCC. The third-order valence-corrected chi connectivity index (χ3v) is 7.63. The second-order valence-electron chi connectivity index (χ2n) is 11.3. The van der Waals surface area contributed by atoms with Crippen LogP contribution in [0.5, 0.6) is 0 Å². The number of esters is 2. The van der Waals surface area contributed by atoms with Gasteiger partial charge in [0, 0.05) is 12.8 Å². The summed E-state index contributed by atoms with van der Waals surface area (Å²) < 4.78 is 32.3. The number of unbranched alkanes of at least 4 members (excludes halogenated alkanes) is 7. The highest BCUT2D eigenvalue weighted by Gasteiger charge is 2.27. The van der Waals surface area contributed by atoms with Crippen LogP contribution in [0, 0.1) is 0 Å². The molecule has 0 aliphatic rings. The smallest absolute Gasteiger partial charge is 0.462 e. The highest BCUT2D eigenvalue weighted by molar-refractivity contribution is 7.47. The van der Waals surface area contributed by atoms with Crippen molar-refractivity contribution in [3.05, 3.63) is 85.1 Å². The van der Waals surface area contributed by atoms with Crippen LogP contribution < -0.4 is 0 Å². The first-order valence-corrected chi connectivity index (χ1v) is 19.1. The summed E-state index contributed by atoms with van der Waals surface area (Å²) in [5.41, 5.74) is 0. The highest BCUT2D eigenvalue weighted by atomic mass is 31.2. The average Bonchev–Trinajstić information content (AvgIpc) is 3.09. The first-order valence-electron chi connectivity index (χ1n) is 17.6. The molecule has 0 amide bonds. The van der Waals surface area contributed by atoms with E-state index >= 15 is 0 Å². The molecule has 2 unspecified atom stereocenters. The molecule has 0 aromatic carbocycles. The molecule has 0 aromatic rings. The number of allylic oxidation sites excluding steroid dienone is 14. The van der Waals surface area contributed by atoms with Crippen LogP contribution >= 0.6 is 7.82 Å². The zero-order valence-corrected chi connectivity index (χ0v) is 30.5. The van der Waals surface area contributed by atoms with Crippen LogP contribution in [0.15, 0.2) is 85.1 Å². The second-order valence-corrected chi connectivity index (χ2v) is 12.7. The molecule has 278 valence electrons. The predicted molar refractivity (Wildman–Crippen MR) is 196 cm³/mol. The van der Waals surface area contributed by atoms with Crippen molar-refractivity contribution in [1.29, 1.82) is 0 Å². The van der Waals surface area contributed by atoms with Crippen molar-refractivity contribution in [1.82, 2.24) is 0 Å². The summed E-state index contributed by atoms with van der Waals surface area (Å²) in [7, 11) is -4.64. The fraction of sp³-hybridized carbons (Fsp3) is 0.579. The number of hydrogen-bond donors (Lipinski definition) is 3. The standard InChI is InChI=1S/C38H61O10P/c1-3-5-7-9-11-13-15-17-19-21-23-25-27-29-37(41)45-33-36(34-47-49(43,44)46-32-35(40)31-39)48-38(42)30-28-26-24-22-20-18-16-14-12-10-8-6-4-2/h5,7,9,11,13,15,17-21,23-24,26,35-36,39-40H,3-4,6,8,10,12,14,16,22,25,27-34H2,1-2H3,(H,43,44)/b7-5+,11-9+,15-13+,19-17+,20-18+,23-21+,26-24+/t35-,36?/m0/s1. The fourth-order valence-electron chi connectivity index (χ4n) is 3.96. The fourth-order valence-corrected chi connectivity index (χ4v) is 4.75. The van der Waals surface area contributed by atoms with Gasteiger partial charge in [0.1, 0.15) is 12.7 Å². The van der Waals surface area contributed by atoms with Crippen LogP contribution in [0.2, 0.25) is 0 Å². The topological polar surface area (TPSA) is 149 Å². The molecule has 3 N–H and O–H groups in total. The van der Waals surface area contributed by atoms with Crippen LogP contribution in [0.4, 0.5) is 0 Å². The first kappa shape index (κ1) is 46.1. The van der Waals surface area contributed by atoms with E-state index in [4.69, 9.17) is 19.1 Å². The number of hydrogen-bond acceptors (Lipinski definition) is 9. The Bertz CT molecular complexity index is 1090. The molecule has 0 heterocycles. The second kappa shape index (κ2) is 33.6. The number of ether oxygens (including phenoxy) is 2. The molecule has 0 spiro atoms. The van der Waals surface area contributed by atoms with E-state index in [0.29, 0.717) is 19.3 Å². The minimum absolute atomic E-state index is 0.0575. The Morgan fingerprint density at radius 1 is 0.653 bits per heavy atom. The van der Waals surface area contributed by atoms with Crippen molar-refractivity contribution in [2.45, 2.75) is 116 Å². The van der Waals surface area contributed by atoms with Crippen molar-refractivity contribution >= 4 is 19.8 Å². The molecule has 0 aliphatic carbocycles. The third-order valence-electron chi connectivity index (χ3n) is 6.68. The van der Waals surface area contributed by atoms with Gasteiger partial charge in [0.25, 0.3) is 0 Å². The molecule has 0 bridgehead atoms. The van der Waals surface area contributed by atoms with Crippen molar-refractivity contribution in [2.24, 2.45) is 0 Å². The van der Waals surface area contributed by atoms with Gasteiger partial charge in [-0.25, -0.2) is 4.57 Å². The monoisotopic (exact) mass is 708 g/mol. The van der Waals surface area contributed by atoms with Gasteiger partial charge in [-0.3, -0.25) is 18.6 Å². The van der Waals surface area contributed by atoms with E-state index in [1.807, 2.05) is 66.8 Å². The summed E-state index contributed by atoms with van der Waals surface area (Å²) in [6, 6.07) is 0. The maximum atomic E-state index is 12.5. The van der Waals surface area contributed by atoms with E-state index in [0.717, 1.165) is 19.3 Å². The number of carbonyl (C=O) groups is 2. The number of aliphatic hydroxyl groups excluding tert-OH is 2. The van der Waals surface area contributed by atoms with Gasteiger partial charge in [0.05, 0.1) is 19.8 Å². The number of phosphoric acid groups is 1. The summed E-state index contributed by atoms with van der Waals surface area (Å²) >= 11 is 0. The highest BCUT2D eigenvalue weighted by Crippen LogP contribution is 2.43. The molecule has 0 saturated carbocycles. The van der Waals surface area contributed by atoms with Crippen LogP contribution in [-0.2, 0) is 32.7 Å². The van der Waals surface area contributed by atoms with Gasteiger partial charge in [-0.05, 0) is 44.9 Å². The average molecular weight is 709 g/mol. The Balaban J connectivity index is 4.65. The Labute approximate surface area is 294 Å². The predicted octanol–water partition coefficient (Wildman–Crippen LogP) is 8.32. The first-order chi connectivity index (χ1) is 23.7. The van der Waals surface area contributed by atoms with E-state index in [2.05, 4.69) is 36.6 Å². The number of rotatable bonds is 31. The molecule has 11 heteroatoms. The van der Waals surface area contributed by atoms with Crippen LogP contribution in [-0.4, -0.2) is 65.7 Å².